The Balaban J connectivity index is 1.69. The Morgan fingerprint density at radius 1 is 1.00 bits per heavy atom. The minimum Gasteiger partial charge on any atom is -0.507 e. The summed E-state index contributed by atoms with van der Waals surface area (Å²) in [5, 5.41) is 11.4. The van der Waals surface area contributed by atoms with E-state index < -0.39 is 29.4 Å². The third kappa shape index (κ3) is 4.16. The monoisotopic (exact) mass is 505 g/mol. The molecule has 9 heteroatoms. The molecule has 0 spiro atoms. The van der Waals surface area contributed by atoms with Gasteiger partial charge in [-0.2, -0.15) is 0 Å². The van der Waals surface area contributed by atoms with Gasteiger partial charge >= 0.3 is 0 Å². The van der Waals surface area contributed by atoms with Crippen molar-refractivity contribution < 1.29 is 28.2 Å². The van der Waals surface area contributed by atoms with Crippen molar-refractivity contribution in [2.24, 2.45) is 0 Å². The van der Waals surface area contributed by atoms with Crippen LogP contribution in [-0.4, -0.2) is 51.1 Å². The topological polar surface area (TPSA) is 73.3 Å². The van der Waals surface area contributed by atoms with Gasteiger partial charge in [-0.3, -0.25) is 14.5 Å². The number of amides is 1. The summed E-state index contributed by atoms with van der Waals surface area (Å²) in [6.45, 7) is 1.17. The van der Waals surface area contributed by atoms with Crippen LogP contribution >= 0.6 is 0 Å². The lowest BCUT2D eigenvalue weighted by Gasteiger charge is -2.28. The Bertz CT molecular complexity index is 1440. The summed E-state index contributed by atoms with van der Waals surface area (Å²) in [6, 6.07) is 14.0. The van der Waals surface area contributed by atoms with Crippen LogP contribution in [0.15, 0.2) is 66.2 Å². The van der Waals surface area contributed by atoms with E-state index in [4.69, 9.17) is 4.74 Å². The number of fused-ring (bicyclic) bond motifs is 1. The van der Waals surface area contributed by atoms with Crippen molar-refractivity contribution in [3.8, 4) is 5.75 Å². The van der Waals surface area contributed by atoms with Crippen LogP contribution in [0.5, 0.6) is 5.75 Å². The van der Waals surface area contributed by atoms with E-state index in [-0.39, 0.29) is 17.0 Å². The molecule has 0 bridgehead atoms. The van der Waals surface area contributed by atoms with Crippen LogP contribution in [0.2, 0.25) is 0 Å². The highest BCUT2D eigenvalue weighted by Crippen LogP contribution is 2.43. The maximum atomic E-state index is 14.2. The number of ether oxygens (including phenoxy) is 1. The number of ketones is 1. The maximum Gasteiger partial charge on any atom is 0.300 e. The molecule has 37 heavy (non-hydrogen) atoms. The molecule has 1 amide bonds. The number of hydrogen-bond donors (Lipinski definition) is 1. The SMILES string of the molecule is CN(C)c1ccc(C2/C(=C(/O)c3ccc4c(c3)N(C)CCO4)C(=O)C(=O)N2c2ccc(F)c(F)c2)cc1. The van der Waals surface area contributed by atoms with Crippen LogP contribution in [0.3, 0.4) is 0 Å². The molecule has 7 nitrogen and oxygen atoms in total. The summed E-state index contributed by atoms with van der Waals surface area (Å²) >= 11 is 0. The predicted molar refractivity (Wildman–Crippen MR) is 137 cm³/mol. The highest BCUT2D eigenvalue weighted by Gasteiger charge is 2.47. The lowest BCUT2D eigenvalue weighted by atomic mass is 9.94. The zero-order valence-corrected chi connectivity index (χ0v) is 20.5. The summed E-state index contributed by atoms with van der Waals surface area (Å²) in [5.41, 5.74) is 2.32. The Morgan fingerprint density at radius 3 is 2.41 bits per heavy atom. The van der Waals surface area contributed by atoms with Gasteiger partial charge in [0.05, 0.1) is 23.8 Å². The lowest BCUT2D eigenvalue weighted by molar-refractivity contribution is -0.132. The summed E-state index contributed by atoms with van der Waals surface area (Å²) in [5.74, 6) is -3.83. The Kier molecular flexibility index (Phi) is 6.07. The average Bonchev–Trinajstić information content (AvgIpc) is 3.15. The molecule has 1 N–H and O–H groups in total. The van der Waals surface area contributed by atoms with Crippen LogP contribution in [-0.2, 0) is 9.59 Å². The highest BCUT2D eigenvalue weighted by atomic mass is 19.2. The third-order valence-electron chi connectivity index (χ3n) is 6.68. The van der Waals surface area contributed by atoms with Gasteiger partial charge in [-0.15, -0.1) is 0 Å². The Morgan fingerprint density at radius 2 is 1.73 bits per heavy atom. The standard InChI is InChI=1S/C28H25F2N3O4/c1-31(2)18-7-4-16(5-8-18)25-24(26(34)17-6-11-23-22(14-17)32(3)12-13-37-23)27(35)28(36)33(25)19-9-10-20(29)21(30)15-19/h4-11,14-15,25,34H,12-13H2,1-3H3/b26-24-. The maximum absolute atomic E-state index is 14.2. The van der Waals surface area contributed by atoms with Crippen molar-refractivity contribution in [2.45, 2.75) is 6.04 Å². The van der Waals surface area contributed by atoms with Crippen molar-refractivity contribution in [1.29, 1.82) is 0 Å². The number of carbonyl (C=O) groups is 2. The van der Waals surface area contributed by atoms with Crippen LogP contribution < -0.4 is 19.4 Å². The first-order valence-corrected chi connectivity index (χ1v) is 11.7. The number of aliphatic hydroxyl groups excluding tert-OH is 1. The van der Waals surface area contributed by atoms with E-state index in [1.54, 1.807) is 30.3 Å². The van der Waals surface area contributed by atoms with Gasteiger partial charge in [-0.05, 0) is 48.0 Å². The molecule has 5 rings (SSSR count). The van der Waals surface area contributed by atoms with E-state index in [2.05, 4.69) is 0 Å². The molecule has 0 aromatic heterocycles. The molecule has 0 saturated carbocycles. The molecule has 190 valence electrons. The molecule has 1 unspecified atom stereocenters. The second-order valence-electron chi connectivity index (χ2n) is 9.21. The van der Waals surface area contributed by atoms with Crippen LogP contribution in [0.1, 0.15) is 17.2 Å². The molecule has 0 radical (unpaired) electrons. The molecule has 1 saturated heterocycles. The first-order chi connectivity index (χ1) is 17.7. The van der Waals surface area contributed by atoms with Crippen LogP contribution in [0.25, 0.3) is 5.76 Å². The minimum atomic E-state index is -1.15. The zero-order valence-electron chi connectivity index (χ0n) is 20.5. The lowest BCUT2D eigenvalue weighted by Crippen LogP contribution is -2.29. The number of anilines is 3. The largest absolute Gasteiger partial charge is 0.507 e. The van der Waals surface area contributed by atoms with E-state index in [1.165, 1.54) is 6.07 Å². The molecular formula is C28H25F2N3O4. The van der Waals surface area contributed by atoms with Crippen molar-refractivity contribution in [1.82, 2.24) is 0 Å². The minimum absolute atomic E-state index is 0.000287. The van der Waals surface area contributed by atoms with Crippen LogP contribution in [0.4, 0.5) is 25.8 Å². The number of Topliss-reactive ketones (excluding diaryl/α,β-unsaturated/α-hetero) is 1. The summed E-state index contributed by atoms with van der Waals surface area (Å²) < 4.78 is 33.5. The quantitative estimate of drug-likeness (QED) is 0.320. The number of benzene rings is 3. The summed E-state index contributed by atoms with van der Waals surface area (Å²) in [6.07, 6.45) is 0. The normalized spacial score (nSPS) is 18.6. The fourth-order valence-electron chi connectivity index (χ4n) is 4.66. The third-order valence-corrected chi connectivity index (χ3v) is 6.68. The van der Waals surface area contributed by atoms with E-state index in [1.807, 2.05) is 43.1 Å². The number of rotatable bonds is 4. The van der Waals surface area contributed by atoms with Gasteiger partial charge in [0.1, 0.15) is 18.1 Å². The van der Waals surface area contributed by atoms with Gasteiger partial charge in [0, 0.05) is 44.1 Å². The molecule has 2 heterocycles. The van der Waals surface area contributed by atoms with E-state index in [0.717, 1.165) is 28.4 Å². The number of carbonyl (C=O) groups excluding carboxylic acids is 2. The van der Waals surface area contributed by atoms with Crippen molar-refractivity contribution >= 4 is 34.5 Å². The highest BCUT2D eigenvalue weighted by molar-refractivity contribution is 6.51. The van der Waals surface area contributed by atoms with E-state index in [0.29, 0.717) is 30.0 Å². The van der Waals surface area contributed by atoms with Gasteiger partial charge in [-0.1, -0.05) is 12.1 Å². The Labute approximate surface area is 212 Å². The second kappa shape index (κ2) is 9.24. The number of likely N-dealkylation sites (N-methyl/N-ethyl adjacent to an activating group) is 1. The Hall–Kier alpha value is -4.40. The van der Waals surface area contributed by atoms with E-state index >= 15 is 0 Å². The first kappa shape index (κ1) is 24.3. The summed E-state index contributed by atoms with van der Waals surface area (Å²) in [4.78, 5) is 31.6. The van der Waals surface area contributed by atoms with Gasteiger partial charge in [0.2, 0.25) is 0 Å². The number of nitrogens with zero attached hydrogens (tertiary/aromatic N) is 3. The molecule has 2 aliphatic rings. The molecule has 2 aliphatic heterocycles. The molecule has 0 aliphatic carbocycles. The fraction of sp³-hybridized carbons (Fsp3) is 0.214. The van der Waals surface area contributed by atoms with Crippen LogP contribution in [0, 0.1) is 11.6 Å². The van der Waals surface area contributed by atoms with Crippen molar-refractivity contribution in [3.05, 3.63) is 89.0 Å². The molecule has 3 aromatic carbocycles. The van der Waals surface area contributed by atoms with E-state index in [9.17, 15) is 23.5 Å². The number of halogens is 2. The predicted octanol–water partition coefficient (Wildman–Crippen LogP) is 4.49. The average molecular weight is 506 g/mol. The number of hydrogen-bond acceptors (Lipinski definition) is 6. The first-order valence-electron chi connectivity index (χ1n) is 11.7. The second-order valence-corrected chi connectivity index (χ2v) is 9.21. The molecule has 1 atom stereocenters. The van der Waals surface area contributed by atoms with Gasteiger partial charge < -0.3 is 19.6 Å². The van der Waals surface area contributed by atoms with Crippen molar-refractivity contribution in [2.75, 3.05) is 49.0 Å². The fourth-order valence-corrected chi connectivity index (χ4v) is 4.66. The molecular weight excluding hydrogens is 480 g/mol. The van der Waals surface area contributed by atoms with Gasteiger partial charge in [-0.25, -0.2) is 8.78 Å². The molecule has 3 aromatic rings. The zero-order chi connectivity index (χ0) is 26.4. The van der Waals surface area contributed by atoms with Gasteiger partial charge in [0.25, 0.3) is 11.7 Å². The number of aliphatic hydroxyl groups is 1. The molecule has 1 fully saturated rings. The smallest absolute Gasteiger partial charge is 0.300 e. The summed E-state index contributed by atoms with van der Waals surface area (Å²) in [7, 11) is 5.64. The van der Waals surface area contributed by atoms with Crippen molar-refractivity contribution in [3.63, 3.8) is 0 Å². The van der Waals surface area contributed by atoms with Gasteiger partial charge in [0.15, 0.2) is 11.6 Å².